The molecule has 6 aromatic rings. The number of carboxylic acid groups (broad SMARTS) is 1. The lowest BCUT2D eigenvalue weighted by Gasteiger charge is -2.29. The van der Waals surface area contributed by atoms with Crippen LogP contribution in [0.1, 0.15) is 109 Å². The van der Waals surface area contributed by atoms with Crippen LogP contribution >= 0.6 is 11.8 Å². The summed E-state index contributed by atoms with van der Waals surface area (Å²) in [6, 6.07) is 9.82. The molecule has 1 saturated heterocycles. The number of unbranched alkanes of at least 4 members (excludes halogenated alkanes) is 2. The molecule has 1 aliphatic heterocycles. The molecule has 0 radical (unpaired) electrons. The van der Waals surface area contributed by atoms with E-state index in [1.807, 2.05) is 43.3 Å². The normalized spacial score (nSPS) is 23.5. The molecule has 1 aliphatic rings. The van der Waals surface area contributed by atoms with Crippen LogP contribution in [0, 0.1) is 11.8 Å². The van der Waals surface area contributed by atoms with Crippen LogP contribution < -0.4 is 75.3 Å². The lowest BCUT2D eigenvalue weighted by atomic mass is 9.96. The number of aliphatic hydroxyl groups excluding tert-OH is 1. The van der Waals surface area contributed by atoms with E-state index in [1.54, 1.807) is 94.7 Å². The SMILES string of the molecule is CCCC[C@@H]1NC(=O)[C@H](Cc2c[nH]c3ccccc23)NC(=O)[C@H](CC(=O)O)NC(=O)[C@H](CCS(C)=O)NC(=O)CNC(=O)[C@H](CO)NC(=O)[C@H]([C@@H](C)CC)NC(=O)[C@H](Cc2ccc3ccccc3c2)NC(=O)CSC[C@@H](C(N)=O)NC(=O)[C@H](C(C)C)NC(=O)[C@H](Cc2c[nH]c3ccccc23)NC(=O)[C@@H](CCCCN)NC1=O. The predicted octanol–water partition coefficient (Wildman–Crippen LogP) is -0.232. The van der Waals surface area contributed by atoms with Crippen LogP contribution in [0.5, 0.6) is 0 Å². The molecule has 35 heteroatoms. The minimum atomic E-state index is -1.99. The van der Waals surface area contributed by atoms with Gasteiger partial charge in [-0.25, -0.2) is 0 Å². The number of hydrogen-bond acceptors (Lipinski definition) is 18. The number of nitrogens with two attached hydrogens (primary N) is 2. The van der Waals surface area contributed by atoms with Crippen LogP contribution in [0.4, 0.5) is 0 Å². The number of aromatic nitrogens is 2. The molecule has 0 bridgehead atoms. The van der Waals surface area contributed by atoms with E-state index in [0.717, 1.165) is 22.5 Å². The van der Waals surface area contributed by atoms with Crippen molar-refractivity contribution in [2.24, 2.45) is 23.3 Å². The molecule has 1 unspecified atom stereocenters. The number of rotatable bonds is 23. The third-order valence-corrected chi connectivity index (χ3v) is 21.1. The van der Waals surface area contributed by atoms with Crippen LogP contribution in [-0.4, -0.2) is 217 Å². The van der Waals surface area contributed by atoms with Gasteiger partial charge in [0.1, 0.15) is 66.5 Å². The molecule has 0 saturated carbocycles. The van der Waals surface area contributed by atoms with Gasteiger partial charge >= 0.3 is 5.97 Å². The number of amides is 13. The molecule has 112 heavy (non-hydrogen) atoms. The molecule has 13 atom stereocenters. The smallest absolute Gasteiger partial charge is 0.305 e. The first-order valence-electron chi connectivity index (χ1n) is 37.4. The van der Waals surface area contributed by atoms with Crippen LogP contribution in [-0.2, 0) is 97.2 Å². The summed E-state index contributed by atoms with van der Waals surface area (Å²) >= 11 is 0.864. The van der Waals surface area contributed by atoms with E-state index in [4.69, 9.17) is 11.5 Å². The molecule has 606 valence electrons. The Morgan fingerprint density at radius 2 is 1.01 bits per heavy atom. The van der Waals surface area contributed by atoms with E-state index in [-0.39, 0.29) is 69.4 Å². The van der Waals surface area contributed by atoms with Crippen molar-refractivity contribution < 1.29 is 81.5 Å². The lowest BCUT2D eigenvalue weighted by molar-refractivity contribution is -0.141. The first kappa shape index (κ1) is 88.4. The average molecular weight is 1590 g/mol. The average Bonchev–Trinajstić information content (AvgIpc) is 0.996. The highest BCUT2D eigenvalue weighted by Gasteiger charge is 2.39. The van der Waals surface area contributed by atoms with E-state index < -0.39 is 197 Å². The Kier molecular flexibility index (Phi) is 34.5. The van der Waals surface area contributed by atoms with Crippen LogP contribution in [0.15, 0.2) is 103 Å². The first-order chi connectivity index (χ1) is 53.5. The summed E-state index contributed by atoms with van der Waals surface area (Å²) in [7, 11) is -1.61. The second-order valence-corrected chi connectivity index (χ2v) is 30.8. The molecule has 0 spiro atoms. The zero-order valence-corrected chi connectivity index (χ0v) is 65.2. The third-order valence-electron chi connectivity index (χ3n) is 19.2. The number of aliphatic hydroxyl groups is 1. The summed E-state index contributed by atoms with van der Waals surface area (Å²) in [4.78, 5) is 206. The van der Waals surface area contributed by atoms with Crippen molar-refractivity contribution in [2.45, 2.75) is 178 Å². The maximum absolute atomic E-state index is 15.0. The van der Waals surface area contributed by atoms with Crippen molar-refractivity contribution >= 4 is 138 Å². The molecule has 13 amide bonds. The summed E-state index contributed by atoms with van der Waals surface area (Å²) in [5.41, 5.74) is 14.8. The Morgan fingerprint density at radius 3 is 1.55 bits per heavy atom. The highest BCUT2D eigenvalue weighted by Crippen LogP contribution is 2.24. The van der Waals surface area contributed by atoms with Crippen molar-refractivity contribution in [2.75, 3.05) is 43.2 Å². The number of carboxylic acids is 1. The molecule has 2 aromatic heterocycles. The zero-order chi connectivity index (χ0) is 81.7. The Morgan fingerprint density at radius 1 is 0.527 bits per heavy atom. The minimum Gasteiger partial charge on any atom is -0.481 e. The van der Waals surface area contributed by atoms with Crippen LogP contribution in [0.3, 0.4) is 0 Å². The Labute approximate surface area is 654 Å². The molecular formula is C77H104N16O17S2. The molecule has 1 fully saturated rings. The molecular weight excluding hydrogens is 1490 g/mol. The van der Waals surface area contributed by atoms with E-state index in [1.165, 1.54) is 6.26 Å². The number of para-hydroxylation sites is 2. The monoisotopic (exact) mass is 1590 g/mol. The molecule has 3 heterocycles. The second kappa shape index (κ2) is 43.7. The van der Waals surface area contributed by atoms with E-state index in [0.29, 0.717) is 57.8 Å². The number of H-pyrrole nitrogens is 2. The van der Waals surface area contributed by atoms with Crippen molar-refractivity contribution in [3.05, 3.63) is 120 Å². The number of thioether (sulfide) groups is 1. The fourth-order valence-electron chi connectivity index (χ4n) is 12.7. The van der Waals surface area contributed by atoms with Crippen molar-refractivity contribution in [3.63, 3.8) is 0 Å². The van der Waals surface area contributed by atoms with Crippen molar-refractivity contribution in [1.29, 1.82) is 0 Å². The summed E-state index contributed by atoms with van der Waals surface area (Å²) in [6.45, 7) is 6.63. The van der Waals surface area contributed by atoms with Crippen molar-refractivity contribution in [1.82, 2.24) is 73.8 Å². The summed E-state index contributed by atoms with van der Waals surface area (Å²) in [6.07, 6.45) is 4.10. The number of carbonyl (C=O) groups is 14. The summed E-state index contributed by atoms with van der Waals surface area (Å²) in [5, 5.41) is 54.8. The van der Waals surface area contributed by atoms with Gasteiger partial charge in [0.05, 0.1) is 25.3 Å². The van der Waals surface area contributed by atoms with Gasteiger partial charge in [-0.15, -0.1) is 11.8 Å². The van der Waals surface area contributed by atoms with Gasteiger partial charge in [0.15, 0.2) is 0 Å². The zero-order valence-electron chi connectivity index (χ0n) is 63.5. The fraction of sp³-hybridized carbons (Fsp3) is 0.481. The predicted molar refractivity (Wildman–Crippen MR) is 422 cm³/mol. The second-order valence-electron chi connectivity index (χ2n) is 28.2. The van der Waals surface area contributed by atoms with Gasteiger partial charge in [-0.3, -0.25) is 71.3 Å². The Hall–Kier alpha value is -10.8. The van der Waals surface area contributed by atoms with Gasteiger partial charge in [0, 0.05) is 82.0 Å². The number of hydrogen-bond donors (Lipinski definition) is 18. The lowest BCUT2D eigenvalue weighted by Crippen LogP contribution is -2.61. The van der Waals surface area contributed by atoms with Gasteiger partial charge in [0.25, 0.3) is 0 Å². The summed E-state index contributed by atoms with van der Waals surface area (Å²) < 4.78 is 12.5. The van der Waals surface area contributed by atoms with Crippen LogP contribution in [0.2, 0.25) is 0 Å². The highest BCUT2D eigenvalue weighted by molar-refractivity contribution is 8.00. The molecule has 20 N–H and O–H groups in total. The number of carbonyl (C=O) groups excluding carboxylic acids is 13. The van der Waals surface area contributed by atoms with Gasteiger partial charge in [-0.1, -0.05) is 133 Å². The molecule has 33 nitrogen and oxygen atoms in total. The topological polar surface area (TPSA) is 524 Å². The Balaban J connectivity index is 1.26. The maximum atomic E-state index is 15.0. The van der Waals surface area contributed by atoms with Crippen molar-refractivity contribution in [3.8, 4) is 0 Å². The standard InChI is InChI=1S/C77H104N16O17S2/c1-7-9-22-53-69(101)85-54(25-16-17-29-78)70(102)87-58(34-48-37-81-52-24-15-13-21-50(48)52)75(107)92-65(42(3)4)76(108)91-61(67(79)99)40-111-41-63(96)84-56(32-44-26-27-45-18-10-11-19-46(45)31-44)74(106)93-66(43(5)8-2)77(109)90-60(39-94)68(100)82-38-62(95)83-55(28-30-112(6)110)71(103)89-59(35-64(97)98)73(105)88-57(72(104)86-53)33-47-36-80-51-23-14-12-20-49(47)51/h10-15,18-21,23-24,26-27,31,36-37,42-43,53-61,65-66,80-81,94H,7-9,16-17,22,25,28-30,32-35,38-41,78H2,1-6H3,(H2,79,99)(H,82,100)(H,83,95)(H,84,96)(H,85,101)(H,86,104)(H,87,102)(H,88,105)(H,89,103)(H,90,109)(H,91,108)(H,92,107)(H,93,106)(H,97,98)/t43-,53-,54+,55-,56-,57-,58-,59-,60-,61-,65-,66-,112?/m0/s1. The van der Waals surface area contributed by atoms with E-state index >= 15 is 14.4 Å². The number of primary amides is 1. The molecule has 4 aromatic carbocycles. The summed E-state index contributed by atoms with van der Waals surface area (Å²) in [5.74, 6) is -16.5. The van der Waals surface area contributed by atoms with Gasteiger partial charge in [0.2, 0.25) is 76.8 Å². The number of aromatic amines is 2. The molecule has 0 aliphatic carbocycles. The van der Waals surface area contributed by atoms with E-state index in [9.17, 15) is 67.2 Å². The number of aliphatic carboxylic acids is 1. The minimum absolute atomic E-state index is 0.0319. The largest absolute Gasteiger partial charge is 0.481 e. The van der Waals surface area contributed by atoms with E-state index in [2.05, 4.69) is 73.8 Å². The van der Waals surface area contributed by atoms with Crippen LogP contribution in [0.25, 0.3) is 32.6 Å². The number of benzene rings is 4. The Bertz CT molecular complexity index is 4360. The first-order valence-corrected chi connectivity index (χ1v) is 40.3. The van der Waals surface area contributed by atoms with Gasteiger partial charge < -0.3 is 95.4 Å². The van der Waals surface area contributed by atoms with Gasteiger partial charge in [-0.05, 0) is 90.1 Å². The third kappa shape index (κ3) is 26.5. The number of nitrogens with one attached hydrogen (secondary N) is 14. The highest BCUT2D eigenvalue weighted by atomic mass is 32.2. The number of fused-ring (bicyclic) bond motifs is 3. The molecule has 7 rings (SSSR count). The fourth-order valence-corrected chi connectivity index (χ4v) is 14.1. The quantitative estimate of drug-likeness (QED) is 0.0368. The maximum Gasteiger partial charge on any atom is 0.305 e. The van der Waals surface area contributed by atoms with Gasteiger partial charge in [-0.2, -0.15) is 0 Å².